The molecule has 2 fully saturated rings. The van der Waals surface area contributed by atoms with E-state index in [9.17, 15) is 9.90 Å². The molecule has 2 atom stereocenters. The van der Waals surface area contributed by atoms with Crippen LogP contribution >= 0.6 is 0 Å². The lowest BCUT2D eigenvalue weighted by molar-refractivity contribution is -0.138. The zero-order valence-electron chi connectivity index (χ0n) is 19.0. The molecule has 1 amide bonds. The predicted octanol–water partition coefficient (Wildman–Crippen LogP) is 4.33. The minimum atomic E-state index is -1.85. The quantitative estimate of drug-likeness (QED) is 0.674. The molecular formula is C23H37NO5Si. The van der Waals surface area contributed by atoms with Gasteiger partial charge in [-0.15, -0.1) is 0 Å². The molecule has 0 radical (unpaired) electrons. The Morgan fingerprint density at radius 2 is 1.80 bits per heavy atom. The molecule has 2 unspecified atom stereocenters. The van der Waals surface area contributed by atoms with Crippen molar-refractivity contribution >= 4 is 14.4 Å². The van der Waals surface area contributed by atoms with Crippen LogP contribution in [0.25, 0.3) is 0 Å². The van der Waals surface area contributed by atoms with Crippen LogP contribution in [0.2, 0.25) is 18.1 Å². The number of hydrogen-bond donors (Lipinski definition) is 1. The van der Waals surface area contributed by atoms with Gasteiger partial charge in [-0.3, -0.25) is 4.90 Å². The Balaban J connectivity index is 1.57. The molecule has 30 heavy (non-hydrogen) atoms. The SMILES string of the molecule is CC(C)(C)[Si](C)(C)OCCC1(O)CC2COCC(C1)N2C(=O)OCc1ccccc1. The Hall–Kier alpha value is -1.41. The molecule has 168 valence electrons. The Labute approximate surface area is 181 Å². The smallest absolute Gasteiger partial charge is 0.410 e. The first-order valence-corrected chi connectivity index (χ1v) is 13.8. The summed E-state index contributed by atoms with van der Waals surface area (Å²) in [6.07, 6.45) is 1.24. The summed E-state index contributed by atoms with van der Waals surface area (Å²) in [6, 6.07) is 9.34. The van der Waals surface area contributed by atoms with Gasteiger partial charge < -0.3 is 19.0 Å². The van der Waals surface area contributed by atoms with Crippen LogP contribution < -0.4 is 0 Å². The molecule has 0 aliphatic carbocycles. The third-order valence-corrected chi connectivity index (χ3v) is 11.4. The van der Waals surface area contributed by atoms with Crippen molar-refractivity contribution in [1.29, 1.82) is 0 Å². The van der Waals surface area contributed by atoms with E-state index in [0.29, 0.717) is 39.1 Å². The highest BCUT2D eigenvalue weighted by molar-refractivity contribution is 6.74. The van der Waals surface area contributed by atoms with Crippen molar-refractivity contribution in [1.82, 2.24) is 4.90 Å². The highest BCUT2D eigenvalue weighted by Gasteiger charge is 2.48. The fourth-order valence-electron chi connectivity index (χ4n) is 4.08. The molecular weight excluding hydrogens is 398 g/mol. The molecule has 2 aliphatic heterocycles. The number of fused-ring (bicyclic) bond motifs is 2. The van der Waals surface area contributed by atoms with Gasteiger partial charge in [-0.25, -0.2) is 4.79 Å². The number of carbonyl (C=O) groups excluding carboxylic acids is 1. The molecule has 2 saturated heterocycles. The molecule has 1 aromatic rings. The molecule has 6 nitrogen and oxygen atoms in total. The highest BCUT2D eigenvalue weighted by atomic mass is 28.4. The second kappa shape index (κ2) is 8.98. The fourth-order valence-corrected chi connectivity index (χ4v) is 5.13. The van der Waals surface area contributed by atoms with Crippen molar-refractivity contribution in [2.75, 3.05) is 19.8 Å². The van der Waals surface area contributed by atoms with Gasteiger partial charge in [0.15, 0.2) is 8.32 Å². The first-order chi connectivity index (χ1) is 14.0. The van der Waals surface area contributed by atoms with Gasteiger partial charge in [0, 0.05) is 6.61 Å². The molecule has 7 heteroatoms. The average Bonchev–Trinajstić information content (AvgIpc) is 2.65. The zero-order valence-corrected chi connectivity index (χ0v) is 20.0. The zero-order chi connectivity index (χ0) is 22.0. The number of carbonyl (C=O) groups is 1. The van der Waals surface area contributed by atoms with Crippen molar-refractivity contribution in [3.63, 3.8) is 0 Å². The maximum Gasteiger partial charge on any atom is 0.410 e. The normalized spacial score (nSPS) is 27.1. The molecule has 2 bridgehead atoms. The van der Waals surface area contributed by atoms with Gasteiger partial charge in [0.2, 0.25) is 0 Å². The van der Waals surface area contributed by atoms with Gasteiger partial charge in [-0.1, -0.05) is 51.1 Å². The van der Waals surface area contributed by atoms with E-state index in [4.69, 9.17) is 13.9 Å². The number of hydrogen-bond acceptors (Lipinski definition) is 5. The molecule has 0 spiro atoms. The van der Waals surface area contributed by atoms with Crippen LogP contribution in [0.4, 0.5) is 4.79 Å². The van der Waals surface area contributed by atoms with Gasteiger partial charge in [-0.2, -0.15) is 0 Å². The summed E-state index contributed by atoms with van der Waals surface area (Å²) in [4.78, 5) is 14.6. The number of rotatable bonds is 6. The standard InChI is InChI=1S/C23H37NO5Si/c1-22(2,3)30(4,5)29-12-11-23(26)13-19-16-27-17-20(14-23)24(19)21(25)28-15-18-9-7-6-8-10-18/h6-10,19-20,26H,11-17H2,1-5H3. The van der Waals surface area contributed by atoms with Crippen LogP contribution in [-0.4, -0.2) is 61.9 Å². The number of aliphatic hydroxyl groups is 1. The Kier molecular flexibility index (Phi) is 6.96. The number of ether oxygens (including phenoxy) is 2. The van der Waals surface area contributed by atoms with Gasteiger partial charge >= 0.3 is 6.09 Å². The maximum absolute atomic E-state index is 12.8. The molecule has 1 aromatic carbocycles. The summed E-state index contributed by atoms with van der Waals surface area (Å²) in [5, 5.41) is 11.4. The van der Waals surface area contributed by atoms with E-state index >= 15 is 0 Å². The van der Waals surface area contributed by atoms with E-state index in [1.165, 1.54) is 0 Å². The number of nitrogens with zero attached hydrogens (tertiary/aromatic N) is 1. The van der Waals surface area contributed by atoms with Gasteiger partial charge in [0.1, 0.15) is 6.61 Å². The monoisotopic (exact) mass is 435 g/mol. The van der Waals surface area contributed by atoms with Crippen LogP contribution in [0, 0.1) is 0 Å². The van der Waals surface area contributed by atoms with E-state index in [1.807, 2.05) is 30.3 Å². The molecule has 3 rings (SSSR count). The summed E-state index contributed by atoms with van der Waals surface area (Å²) in [7, 11) is -1.85. The minimum Gasteiger partial charge on any atom is -0.445 e. The lowest BCUT2D eigenvalue weighted by Gasteiger charge is -2.51. The molecule has 1 N–H and O–H groups in total. The Bertz CT molecular complexity index is 704. The summed E-state index contributed by atoms with van der Waals surface area (Å²) >= 11 is 0. The number of benzene rings is 1. The van der Waals surface area contributed by atoms with Crippen LogP contribution in [0.15, 0.2) is 30.3 Å². The summed E-state index contributed by atoms with van der Waals surface area (Å²) in [6.45, 7) is 12.8. The highest BCUT2D eigenvalue weighted by Crippen LogP contribution is 2.39. The number of morpholine rings is 1. The van der Waals surface area contributed by atoms with Crippen LogP contribution in [-0.2, 0) is 20.5 Å². The van der Waals surface area contributed by atoms with Crippen molar-refractivity contribution in [2.45, 2.75) is 82.5 Å². The van der Waals surface area contributed by atoms with Gasteiger partial charge in [-0.05, 0) is 43.0 Å². The van der Waals surface area contributed by atoms with E-state index in [0.717, 1.165) is 5.56 Å². The van der Waals surface area contributed by atoms with E-state index < -0.39 is 13.9 Å². The number of piperidine rings is 1. The lowest BCUT2D eigenvalue weighted by atomic mass is 9.79. The topological polar surface area (TPSA) is 68.2 Å². The fraction of sp³-hybridized carbons (Fsp3) is 0.696. The third kappa shape index (κ3) is 5.44. The molecule has 0 saturated carbocycles. The Morgan fingerprint density at radius 3 is 2.37 bits per heavy atom. The predicted molar refractivity (Wildman–Crippen MR) is 119 cm³/mol. The second-order valence-electron chi connectivity index (χ2n) is 10.3. The van der Waals surface area contributed by atoms with Crippen LogP contribution in [0.3, 0.4) is 0 Å². The van der Waals surface area contributed by atoms with Crippen LogP contribution in [0.1, 0.15) is 45.6 Å². The van der Waals surface area contributed by atoms with Crippen molar-refractivity contribution in [2.24, 2.45) is 0 Å². The molecule has 2 heterocycles. The van der Waals surface area contributed by atoms with Gasteiger partial charge in [0.25, 0.3) is 0 Å². The average molecular weight is 436 g/mol. The largest absolute Gasteiger partial charge is 0.445 e. The third-order valence-electron chi connectivity index (χ3n) is 6.89. The summed E-state index contributed by atoms with van der Waals surface area (Å²) in [5.41, 5.74) is 0.126. The van der Waals surface area contributed by atoms with E-state index in [2.05, 4.69) is 33.9 Å². The van der Waals surface area contributed by atoms with Crippen molar-refractivity contribution in [3.05, 3.63) is 35.9 Å². The van der Waals surface area contributed by atoms with E-state index in [-0.39, 0.29) is 29.8 Å². The molecule has 0 aromatic heterocycles. The van der Waals surface area contributed by atoms with Crippen LogP contribution in [0.5, 0.6) is 0 Å². The summed E-state index contributed by atoms with van der Waals surface area (Å²) in [5.74, 6) is 0. The Morgan fingerprint density at radius 1 is 1.20 bits per heavy atom. The maximum atomic E-state index is 12.8. The summed E-state index contributed by atoms with van der Waals surface area (Å²) < 4.78 is 17.5. The molecule has 2 aliphatic rings. The van der Waals surface area contributed by atoms with Gasteiger partial charge in [0.05, 0.1) is 30.9 Å². The lowest BCUT2D eigenvalue weighted by Crippen LogP contribution is -2.63. The second-order valence-corrected chi connectivity index (χ2v) is 15.1. The number of amides is 1. The van der Waals surface area contributed by atoms with Crippen molar-refractivity contribution < 1.29 is 23.8 Å². The minimum absolute atomic E-state index is 0.145. The van der Waals surface area contributed by atoms with E-state index in [1.54, 1.807) is 4.90 Å². The first-order valence-electron chi connectivity index (χ1n) is 10.9. The first kappa shape index (κ1) is 23.3. The van der Waals surface area contributed by atoms with Crippen molar-refractivity contribution in [3.8, 4) is 0 Å².